The number of hydrogen-bond acceptors (Lipinski definition) is 4. The van der Waals surface area contributed by atoms with Gasteiger partial charge in [0, 0.05) is 26.1 Å². The zero-order valence-electron chi connectivity index (χ0n) is 10.1. The van der Waals surface area contributed by atoms with Gasteiger partial charge >= 0.3 is 0 Å². The smallest absolute Gasteiger partial charge is 0.230 e. The molecule has 1 fully saturated rings. The molecule has 0 aromatic carbocycles. The summed E-state index contributed by atoms with van der Waals surface area (Å²) in [5, 5.41) is 0. The van der Waals surface area contributed by atoms with E-state index in [2.05, 4.69) is 0 Å². The van der Waals surface area contributed by atoms with Crippen molar-refractivity contribution in [3.05, 3.63) is 0 Å². The lowest BCUT2D eigenvalue weighted by atomic mass is 10.1. The predicted octanol–water partition coefficient (Wildman–Crippen LogP) is -0.244. The first-order valence-corrected chi connectivity index (χ1v) is 5.61. The summed E-state index contributed by atoms with van der Waals surface area (Å²) in [7, 11) is 3.98. The van der Waals surface area contributed by atoms with Crippen LogP contribution in [-0.2, 0) is 14.3 Å². The highest BCUT2D eigenvalue weighted by atomic mass is 16.5. The van der Waals surface area contributed by atoms with Crippen LogP contribution in [0.3, 0.4) is 0 Å². The predicted molar refractivity (Wildman–Crippen MR) is 60.2 cm³/mol. The molecule has 1 amide bonds. The van der Waals surface area contributed by atoms with Crippen molar-refractivity contribution in [2.45, 2.75) is 12.8 Å². The van der Waals surface area contributed by atoms with Crippen LogP contribution in [0.25, 0.3) is 0 Å². The number of amides is 1. The van der Waals surface area contributed by atoms with Gasteiger partial charge in [-0.25, -0.2) is 0 Å². The van der Waals surface area contributed by atoms with Crippen LogP contribution in [0.2, 0.25) is 0 Å². The third-order valence-electron chi connectivity index (χ3n) is 2.55. The minimum atomic E-state index is -0.0625. The summed E-state index contributed by atoms with van der Waals surface area (Å²) in [4.78, 5) is 26.2. The number of carbonyl (C=O) groups is 2. The Kier molecular flexibility index (Phi) is 5.42. The average Bonchev–Trinajstić information content (AvgIpc) is 2.20. The third kappa shape index (κ3) is 4.72. The first kappa shape index (κ1) is 13.1. The van der Waals surface area contributed by atoms with Gasteiger partial charge in [-0.1, -0.05) is 0 Å². The highest BCUT2D eigenvalue weighted by Crippen LogP contribution is 2.06. The fourth-order valence-corrected chi connectivity index (χ4v) is 1.51. The van der Waals surface area contributed by atoms with Gasteiger partial charge in [-0.05, 0) is 14.1 Å². The van der Waals surface area contributed by atoms with Crippen molar-refractivity contribution in [3.8, 4) is 0 Å². The van der Waals surface area contributed by atoms with Gasteiger partial charge in [0.15, 0.2) is 0 Å². The van der Waals surface area contributed by atoms with Gasteiger partial charge in [-0.2, -0.15) is 0 Å². The average molecular weight is 228 g/mol. The van der Waals surface area contributed by atoms with Crippen LogP contribution in [-0.4, -0.2) is 68.4 Å². The third-order valence-corrected chi connectivity index (χ3v) is 2.55. The molecule has 0 aromatic heterocycles. The van der Waals surface area contributed by atoms with E-state index < -0.39 is 0 Å². The van der Waals surface area contributed by atoms with Crippen LogP contribution in [0.1, 0.15) is 12.8 Å². The van der Waals surface area contributed by atoms with Gasteiger partial charge in [-0.15, -0.1) is 0 Å². The molecule has 16 heavy (non-hydrogen) atoms. The van der Waals surface area contributed by atoms with Gasteiger partial charge in [0.05, 0.1) is 19.6 Å². The Morgan fingerprint density at radius 1 is 1.31 bits per heavy atom. The van der Waals surface area contributed by atoms with Crippen molar-refractivity contribution in [2.24, 2.45) is 0 Å². The van der Waals surface area contributed by atoms with Crippen molar-refractivity contribution in [3.63, 3.8) is 0 Å². The van der Waals surface area contributed by atoms with E-state index in [1.54, 1.807) is 4.90 Å². The lowest BCUT2D eigenvalue weighted by molar-refractivity contribution is -0.140. The highest BCUT2D eigenvalue weighted by molar-refractivity contribution is 6.00. The maximum atomic E-state index is 11.4. The van der Waals surface area contributed by atoms with Crippen LogP contribution in [0, 0.1) is 0 Å². The molecule has 0 radical (unpaired) electrons. The Labute approximate surface area is 96.3 Å². The largest absolute Gasteiger partial charge is 0.378 e. The van der Waals surface area contributed by atoms with Crippen molar-refractivity contribution >= 4 is 11.7 Å². The van der Waals surface area contributed by atoms with Crippen LogP contribution in [0.4, 0.5) is 0 Å². The van der Waals surface area contributed by atoms with Gasteiger partial charge in [0.2, 0.25) is 5.91 Å². The lowest BCUT2D eigenvalue weighted by Crippen LogP contribution is -2.41. The molecule has 1 aliphatic heterocycles. The van der Waals surface area contributed by atoms with E-state index in [-0.39, 0.29) is 18.1 Å². The number of piperidine rings is 1. The fraction of sp³-hybridized carbons (Fsp3) is 0.818. The quantitative estimate of drug-likeness (QED) is 0.465. The first-order chi connectivity index (χ1) is 7.59. The highest BCUT2D eigenvalue weighted by Gasteiger charge is 2.22. The minimum absolute atomic E-state index is 0.0507. The Morgan fingerprint density at radius 3 is 2.69 bits per heavy atom. The van der Waals surface area contributed by atoms with Gasteiger partial charge in [-0.3, -0.25) is 9.59 Å². The van der Waals surface area contributed by atoms with E-state index >= 15 is 0 Å². The summed E-state index contributed by atoms with van der Waals surface area (Å²) >= 11 is 0. The van der Waals surface area contributed by atoms with Crippen molar-refractivity contribution < 1.29 is 14.3 Å². The number of likely N-dealkylation sites (tertiary alicyclic amines) is 1. The van der Waals surface area contributed by atoms with Gasteiger partial charge in [0.25, 0.3) is 0 Å². The second-order valence-corrected chi connectivity index (χ2v) is 4.26. The molecular formula is C11H20N2O3. The number of hydrogen-bond donors (Lipinski definition) is 0. The number of ketones is 1. The van der Waals surface area contributed by atoms with Crippen molar-refractivity contribution in [1.29, 1.82) is 0 Å². The normalized spacial score (nSPS) is 17.3. The molecule has 5 heteroatoms. The van der Waals surface area contributed by atoms with E-state index in [0.29, 0.717) is 32.7 Å². The maximum Gasteiger partial charge on any atom is 0.230 e. The van der Waals surface area contributed by atoms with Crippen molar-refractivity contribution in [1.82, 2.24) is 9.80 Å². The topological polar surface area (TPSA) is 49.9 Å². The summed E-state index contributed by atoms with van der Waals surface area (Å²) in [5.41, 5.74) is 0. The fourth-order valence-electron chi connectivity index (χ4n) is 1.51. The Bertz CT molecular complexity index is 254. The maximum absolute atomic E-state index is 11.4. The van der Waals surface area contributed by atoms with E-state index in [0.717, 1.165) is 6.54 Å². The zero-order chi connectivity index (χ0) is 12.0. The van der Waals surface area contributed by atoms with Crippen LogP contribution < -0.4 is 0 Å². The molecule has 92 valence electrons. The lowest BCUT2D eigenvalue weighted by Gasteiger charge is -2.25. The first-order valence-electron chi connectivity index (χ1n) is 5.61. The molecule has 1 rings (SSSR count). The molecule has 0 bridgehead atoms. The van der Waals surface area contributed by atoms with E-state index in [1.165, 1.54) is 0 Å². The monoisotopic (exact) mass is 228 g/mol. The van der Waals surface area contributed by atoms with Gasteiger partial charge < -0.3 is 14.5 Å². The molecule has 0 atom stereocenters. The molecule has 0 N–H and O–H groups in total. The van der Waals surface area contributed by atoms with E-state index in [1.807, 2.05) is 19.0 Å². The molecule has 0 saturated carbocycles. The van der Waals surface area contributed by atoms with Crippen molar-refractivity contribution in [2.75, 3.05) is 46.9 Å². The molecular weight excluding hydrogens is 208 g/mol. The number of carbonyl (C=O) groups excluding carboxylic acids is 2. The number of nitrogens with zero attached hydrogens (tertiary/aromatic N) is 2. The number of likely N-dealkylation sites (N-methyl/N-ethyl adjacent to an activating group) is 1. The van der Waals surface area contributed by atoms with Crippen LogP contribution in [0.15, 0.2) is 0 Å². The van der Waals surface area contributed by atoms with Gasteiger partial charge in [0.1, 0.15) is 5.78 Å². The standard InChI is InChI=1S/C11H20N2O3/c1-12(2)5-7-16-8-6-13-4-3-10(14)9-11(13)15/h3-9H2,1-2H3. The molecule has 5 nitrogen and oxygen atoms in total. The summed E-state index contributed by atoms with van der Waals surface area (Å²) in [6.07, 6.45) is 0.557. The molecule has 0 aromatic rings. The molecule has 1 saturated heterocycles. The molecule has 1 aliphatic rings. The second kappa shape index (κ2) is 6.60. The Balaban J connectivity index is 2.09. The summed E-state index contributed by atoms with van der Waals surface area (Å²) in [6.45, 7) is 3.25. The molecule has 0 aliphatic carbocycles. The summed E-state index contributed by atoms with van der Waals surface area (Å²) in [5.74, 6) is -0.0118. The van der Waals surface area contributed by atoms with E-state index in [9.17, 15) is 9.59 Å². The second-order valence-electron chi connectivity index (χ2n) is 4.26. The SMILES string of the molecule is CN(C)CCOCCN1CCC(=O)CC1=O. The minimum Gasteiger partial charge on any atom is -0.378 e. The Hall–Kier alpha value is -0.940. The summed E-state index contributed by atoms with van der Waals surface area (Å²) in [6, 6.07) is 0. The summed E-state index contributed by atoms with van der Waals surface area (Å²) < 4.78 is 5.40. The number of ether oxygens (including phenoxy) is 1. The Morgan fingerprint density at radius 2 is 2.06 bits per heavy atom. The van der Waals surface area contributed by atoms with Crippen LogP contribution >= 0.6 is 0 Å². The molecule has 0 spiro atoms. The zero-order valence-corrected chi connectivity index (χ0v) is 10.1. The van der Waals surface area contributed by atoms with E-state index in [4.69, 9.17) is 4.74 Å². The number of Topliss-reactive ketones (excluding diaryl/α,β-unsaturated/α-hetero) is 1. The molecule has 0 unspecified atom stereocenters. The molecule has 1 heterocycles. The van der Waals surface area contributed by atoms with Crippen LogP contribution in [0.5, 0.6) is 0 Å². The number of rotatable bonds is 6.